The Morgan fingerprint density at radius 3 is 2.66 bits per heavy atom. The summed E-state index contributed by atoms with van der Waals surface area (Å²) in [4.78, 5) is 8.11. The molecule has 0 aliphatic carbocycles. The lowest BCUT2D eigenvalue weighted by molar-refractivity contribution is -0.140. The van der Waals surface area contributed by atoms with Crippen LogP contribution in [-0.4, -0.2) is 43.8 Å². The van der Waals surface area contributed by atoms with Crippen LogP contribution in [0.5, 0.6) is 0 Å². The van der Waals surface area contributed by atoms with Gasteiger partial charge in [0.1, 0.15) is 5.76 Å². The summed E-state index contributed by atoms with van der Waals surface area (Å²) in [7, 11) is 0. The predicted molar refractivity (Wildman–Crippen MR) is 118 cm³/mol. The Kier molecular flexibility index (Phi) is 12.2. The highest BCUT2D eigenvalue weighted by atomic mass is 127. The van der Waals surface area contributed by atoms with Gasteiger partial charge in [0.25, 0.3) is 0 Å². The fourth-order valence-electron chi connectivity index (χ4n) is 2.28. The molecule has 164 valence electrons. The summed E-state index contributed by atoms with van der Waals surface area (Å²) in [5.41, 5.74) is -0.839. The number of guanidine groups is 1. The van der Waals surface area contributed by atoms with Crippen molar-refractivity contribution in [3.8, 4) is 0 Å². The average Bonchev–Trinajstić information content (AvgIpc) is 3.32. The first-order valence-corrected chi connectivity index (χ1v) is 10.0. The number of nitrogens with zero attached hydrogens (tertiary/aromatic N) is 2. The highest BCUT2D eigenvalue weighted by Crippen LogP contribution is 2.29. The molecule has 2 aromatic heterocycles. The predicted octanol–water partition coefficient (Wildman–Crippen LogP) is 4.12. The standard InChI is InChI=1S/C18H25F3N4O2S.HI/c1-2-26-11-4-8-22-17(23-9-6-14-5-3-12-27-14)24-10-7-16-25-15(13-28-16)18(19,20)21;/h3,5,12-13H,2,4,6-11H2,1H3,(H2,22,23,24);1H. The minimum Gasteiger partial charge on any atom is -0.469 e. The van der Waals surface area contributed by atoms with Crippen LogP contribution in [0.2, 0.25) is 0 Å². The van der Waals surface area contributed by atoms with Crippen molar-refractivity contribution in [2.75, 3.05) is 32.8 Å². The molecule has 0 aromatic carbocycles. The number of furan rings is 1. The number of thiazole rings is 1. The zero-order chi connectivity index (χ0) is 20.2. The van der Waals surface area contributed by atoms with Gasteiger partial charge >= 0.3 is 6.18 Å². The SMILES string of the molecule is CCOCCCN=C(NCCc1ccco1)NCCc1nc(C(F)(F)F)cs1.I. The zero-order valence-electron chi connectivity index (χ0n) is 16.1. The van der Waals surface area contributed by atoms with Crippen LogP contribution in [0.3, 0.4) is 0 Å². The molecule has 0 aliphatic rings. The Labute approximate surface area is 189 Å². The average molecular weight is 546 g/mol. The van der Waals surface area contributed by atoms with E-state index in [-0.39, 0.29) is 24.0 Å². The van der Waals surface area contributed by atoms with Crippen LogP contribution >= 0.6 is 35.3 Å². The van der Waals surface area contributed by atoms with Crippen LogP contribution < -0.4 is 10.6 Å². The molecule has 0 saturated carbocycles. The van der Waals surface area contributed by atoms with Crippen molar-refractivity contribution in [3.05, 3.63) is 40.2 Å². The van der Waals surface area contributed by atoms with Gasteiger partial charge in [0.05, 0.1) is 11.3 Å². The number of aromatic nitrogens is 1. The third-order valence-corrected chi connectivity index (χ3v) is 4.55. The van der Waals surface area contributed by atoms with E-state index in [1.165, 1.54) is 0 Å². The molecule has 0 fully saturated rings. The summed E-state index contributed by atoms with van der Waals surface area (Å²) in [5.74, 6) is 1.47. The van der Waals surface area contributed by atoms with Gasteiger partial charge in [-0.05, 0) is 25.5 Å². The fraction of sp³-hybridized carbons (Fsp3) is 0.556. The van der Waals surface area contributed by atoms with Gasteiger partial charge in [0.2, 0.25) is 0 Å². The lowest BCUT2D eigenvalue weighted by Gasteiger charge is -2.12. The molecule has 0 atom stereocenters. The summed E-state index contributed by atoms with van der Waals surface area (Å²) >= 11 is 1.01. The van der Waals surface area contributed by atoms with Crippen molar-refractivity contribution in [1.82, 2.24) is 15.6 Å². The van der Waals surface area contributed by atoms with E-state index >= 15 is 0 Å². The number of alkyl halides is 3. The van der Waals surface area contributed by atoms with Crippen LogP contribution in [-0.2, 0) is 23.8 Å². The second kappa shape index (κ2) is 13.8. The first-order valence-electron chi connectivity index (χ1n) is 9.13. The Balaban J connectivity index is 0.00000420. The normalized spacial score (nSPS) is 11.9. The monoisotopic (exact) mass is 546 g/mol. The molecule has 0 radical (unpaired) electrons. The molecule has 6 nitrogen and oxygen atoms in total. The van der Waals surface area contributed by atoms with Crippen molar-refractivity contribution < 1.29 is 22.3 Å². The third kappa shape index (κ3) is 10.3. The van der Waals surface area contributed by atoms with Gasteiger partial charge in [-0.25, -0.2) is 4.98 Å². The number of ether oxygens (including phenoxy) is 1. The minimum absolute atomic E-state index is 0. The van der Waals surface area contributed by atoms with Crippen molar-refractivity contribution >= 4 is 41.3 Å². The van der Waals surface area contributed by atoms with E-state index in [4.69, 9.17) is 9.15 Å². The number of hydrogen-bond donors (Lipinski definition) is 2. The third-order valence-electron chi connectivity index (χ3n) is 3.64. The summed E-state index contributed by atoms with van der Waals surface area (Å²) in [6.07, 6.45) is -0.894. The molecule has 0 aliphatic heterocycles. The quantitative estimate of drug-likeness (QED) is 0.192. The van der Waals surface area contributed by atoms with E-state index in [9.17, 15) is 13.2 Å². The van der Waals surface area contributed by atoms with Crippen LogP contribution in [0.4, 0.5) is 13.2 Å². The molecule has 2 heterocycles. The van der Waals surface area contributed by atoms with Crippen LogP contribution in [0, 0.1) is 0 Å². The molecule has 2 rings (SSSR count). The van der Waals surface area contributed by atoms with E-state index in [1.807, 2.05) is 19.1 Å². The van der Waals surface area contributed by atoms with E-state index in [1.54, 1.807) is 6.26 Å². The van der Waals surface area contributed by atoms with Gasteiger partial charge < -0.3 is 19.8 Å². The molecule has 2 N–H and O–H groups in total. The van der Waals surface area contributed by atoms with E-state index < -0.39 is 11.9 Å². The lowest BCUT2D eigenvalue weighted by Crippen LogP contribution is -2.39. The molecular weight excluding hydrogens is 520 g/mol. The van der Waals surface area contributed by atoms with E-state index in [0.29, 0.717) is 56.7 Å². The van der Waals surface area contributed by atoms with Crippen molar-refractivity contribution in [3.63, 3.8) is 0 Å². The summed E-state index contributed by atoms with van der Waals surface area (Å²) < 4.78 is 48.4. The summed E-state index contributed by atoms with van der Waals surface area (Å²) in [5, 5.41) is 7.82. The van der Waals surface area contributed by atoms with Gasteiger partial charge in [-0.3, -0.25) is 4.99 Å². The van der Waals surface area contributed by atoms with Crippen molar-refractivity contribution in [1.29, 1.82) is 0 Å². The second-order valence-electron chi connectivity index (χ2n) is 5.84. The Bertz CT molecular complexity index is 708. The number of aliphatic imine (C=N–C) groups is 1. The summed E-state index contributed by atoms with van der Waals surface area (Å²) in [6, 6.07) is 3.73. The molecule has 0 spiro atoms. The van der Waals surface area contributed by atoms with Gasteiger partial charge in [-0.2, -0.15) is 13.2 Å². The van der Waals surface area contributed by atoms with Gasteiger partial charge in [0.15, 0.2) is 11.7 Å². The maximum atomic E-state index is 12.6. The minimum atomic E-state index is -4.40. The number of halogens is 4. The molecule has 0 saturated heterocycles. The smallest absolute Gasteiger partial charge is 0.434 e. The Morgan fingerprint density at radius 2 is 2.03 bits per heavy atom. The highest BCUT2D eigenvalue weighted by molar-refractivity contribution is 14.0. The topological polar surface area (TPSA) is 71.7 Å². The van der Waals surface area contributed by atoms with Gasteiger partial charge in [-0.1, -0.05) is 0 Å². The lowest BCUT2D eigenvalue weighted by atomic mass is 10.3. The van der Waals surface area contributed by atoms with Crippen LogP contribution in [0.15, 0.2) is 33.2 Å². The Morgan fingerprint density at radius 1 is 1.28 bits per heavy atom. The highest BCUT2D eigenvalue weighted by Gasteiger charge is 2.33. The zero-order valence-corrected chi connectivity index (χ0v) is 19.3. The molecule has 0 amide bonds. The molecular formula is C18H26F3IN4O2S. The number of hydrogen-bond acceptors (Lipinski definition) is 5. The largest absolute Gasteiger partial charge is 0.469 e. The molecule has 0 bridgehead atoms. The van der Waals surface area contributed by atoms with Crippen LogP contribution in [0.1, 0.15) is 29.8 Å². The first kappa shape index (κ1) is 25.7. The summed E-state index contributed by atoms with van der Waals surface area (Å²) in [6.45, 7) is 4.90. The first-order chi connectivity index (χ1) is 13.5. The maximum absolute atomic E-state index is 12.6. The molecule has 29 heavy (non-hydrogen) atoms. The van der Waals surface area contributed by atoms with E-state index in [0.717, 1.165) is 28.9 Å². The van der Waals surface area contributed by atoms with Gasteiger partial charge in [-0.15, -0.1) is 35.3 Å². The Hall–Kier alpha value is -1.34. The molecule has 11 heteroatoms. The van der Waals surface area contributed by atoms with Crippen molar-refractivity contribution in [2.45, 2.75) is 32.4 Å². The maximum Gasteiger partial charge on any atom is 0.434 e. The number of rotatable bonds is 11. The molecule has 2 aromatic rings. The van der Waals surface area contributed by atoms with Gasteiger partial charge in [0, 0.05) is 51.1 Å². The fourth-order valence-corrected chi connectivity index (χ4v) is 3.08. The van der Waals surface area contributed by atoms with Crippen LogP contribution in [0.25, 0.3) is 0 Å². The van der Waals surface area contributed by atoms with Crippen molar-refractivity contribution in [2.24, 2.45) is 4.99 Å². The molecule has 0 unspecified atom stereocenters. The number of nitrogens with one attached hydrogen (secondary N) is 2. The second-order valence-corrected chi connectivity index (χ2v) is 6.78. The van der Waals surface area contributed by atoms with E-state index in [2.05, 4.69) is 20.6 Å².